The van der Waals surface area contributed by atoms with Gasteiger partial charge >= 0.3 is 0 Å². The third-order valence-electron chi connectivity index (χ3n) is 4.17. The average Bonchev–Trinajstić information content (AvgIpc) is 3.21. The first-order valence-electron chi connectivity index (χ1n) is 9.51. The summed E-state index contributed by atoms with van der Waals surface area (Å²) >= 11 is 1.61. The number of nitrogens with two attached hydrogens (primary N) is 1. The highest BCUT2D eigenvalue weighted by Crippen LogP contribution is 2.36. The first kappa shape index (κ1) is 20.7. The number of benzene rings is 2. The van der Waals surface area contributed by atoms with E-state index in [0.29, 0.717) is 24.5 Å². The van der Waals surface area contributed by atoms with Crippen molar-refractivity contribution in [3.05, 3.63) is 64.6 Å². The smallest absolute Gasteiger partial charge is 0.163 e. The number of hydrogen-bond donors (Lipinski definition) is 2. The molecule has 3 N–H and O–H groups in total. The van der Waals surface area contributed by atoms with Crippen molar-refractivity contribution in [3.63, 3.8) is 0 Å². The number of amidine groups is 1. The van der Waals surface area contributed by atoms with Crippen LogP contribution in [0, 0.1) is 5.41 Å². The van der Waals surface area contributed by atoms with Crippen LogP contribution in [0.25, 0.3) is 0 Å². The maximum atomic E-state index is 7.61. The van der Waals surface area contributed by atoms with Crippen LogP contribution in [-0.4, -0.2) is 23.5 Å². The number of ether oxygens (including phenoxy) is 2. The number of nitrogen functional groups attached to an aromatic ring is 1. The molecule has 0 bridgehead atoms. The van der Waals surface area contributed by atoms with E-state index in [9.17, 15) is 0 Å². The first-order chi connectivity index (χ1) is 14.0. The molecular formula is C22H26N4O2S. The molecule has 0 unspecified atom stereocenters. The van der Waals surface area contributed by atoms with E-state index in [1.54, 1.807) is 11.3 Å². The van der Waals surface area contributed by atoms with Crippen LogP contribution in [0.5, 0.6) is 11.5 Å². The Bertz CT molecular complexity index is 940. The van der Waals surface area contributed by atoms with Crippen molar-refractivity contribution in [1.82, 2.24) is 4.98 Å². The molecule has 1 heterocycles. The van der Waals surface area contributed by atoms with Gasteiger partial charge in [0.05, 0.1) is 19.3 Å². The summed E-state index contributed by atoms with van der Waals surface area (Å²) in [5.41, 5.74) is 8.24. The highest BCUT2D eigenvalue weighted by molar-refractivity contribution is 7.09. The topological polar surface area (TPSA) is 84.5 Å². The second kappa shape index (κ2) is 9.43. The first-order valence-corrected chi connectivity index (χ1v) is 10.4. The Morgan fingerprint density at radius 2 is 1.86 bits per heavy atom. The number of aromatic nitrogens is 1. The molecule has 0 saturated heterocycles. The van der Waals surface area contributed by atoms with Crippen molar-refractivity contribution >= 4 is 28.5 Å². The van der Waals surface area contributed by atoms with Gasteiger partial charge in [0.1, 0.15) is 10.8 Å². The van der Waals surface area contributed by atoms with Gasteiger partial charge in [-0.25, -0.2) is 4.98 Å². The standard InChI is InChI=1S/C22H26N4O2S/c1-4-27-20-13-18(9-10-19(20)28-15(2)3)26(14-21-25-11-12-29-21)17-7-5-16(6-8-17)22(23)24/h5-13,15H,4,14H2,1-3H3,(H3,23,24). The molecule has 3 rings (SSSR count). The third kappa shape index (κ3) is 5.26. The minimum atomic E-state index is 0.0526. The fourth-order valence-electron chi connectivity index (χ4n) is 2.90. The zero-order chi connectivity index (χ0) is 20.8. The number of anilines is 2. The van der Waals surface area contributed by atoms with Crippen LogP contribution in [0.1, 0.15) is 31.3 Å². The van der Waals surface area contributed by atoms with Crippen molar-refractivity contribution in [1.29, 1.82) is 5.41 Å². The molecule has 0 radical (unpaired) electrons. The van der Waals surface area contributed by atoms with Crippen LogP contribution >= 0.6 is 11.3 Å². The van der Waals surface area contributed by atoms with Gasteiger partial charge in [0, 0.05) is 34.6 Å². The molecule has 152 valence electrons. The lowest BCUT2D eigenvalue weighted by molar-refractivity contribution is 0.224. The summed E-state index contributed by atoms with van der Waals surface area (Å²) in [5, 5.41) is 10.6. The summed E-state index contributed by atoms with van der Waals surface area (Å²) < 4.78 is 11.7. The van der Waals surface area contributed by atoms with Crippen molar-refractivity contribution < 1.29 is 9.47 Å². The maximum absolute atomic E-state index is 7.61. The summed E-state index contributed by atoms with van der Waals surface area (Å²) in [4.78, 5) is 6.59. The van der Waals surface area contributed by atoms with Gasteiger partial charge in [0.15, 0.2) is 11.5 Å². The number of nitrogens with one attached hydrogen (secondary N) is 1. The number of rotatable bonds is 9. The van der Waals surface area contributed by atoms with E-state index in [-0.39, 0.29) is 11.9 Å². The lowest BCUT2D eigenvalue weighted by atomic mass is 10.1. The highest BCUT2D eigenvalue weighted by Gasteiger charge is 2.16. The van der Waals surface area contributed by atoms with Crippen LogP contribution in [-0.2, 0) is 6.54 Å². The van der Waals surface area contributed by atoms with Gasteiger partial charge in [0.2, 0.25) is 0 Å². The highest BCUT2D eigenvalue weighted by atomic mass is 32.1. The van der Waals surface area contributed by atoms with Crippen molar-refractivity contribution in [3.8, 4) is 11.5 Å². The summed E-state index contributed by atoms with van der Waals surface area (Å²) in [6.45, 7) is 7.12. The molecule has 1 aromatic heterocycles. The Morgan fingerprint density at radius 3 is 2.45 bits per heavy atom. The minimum Gasteiger partial charge on any atom is -0.490 e. The summed E-state index contributed by atoms with van der Waals surface area (Å²) in [5.74, 6) is 1.49. The van der Waals surface area contributed by atoms with E-state index < -0.39 is 0 Å². The molecule has 0 spiro atoms. The number of nitrogens with zero attached hydrogens (tertiary/aromatic N) is 2. The van der Waals surface area contributed by atoms with Gasteiger partial charge in [-0.2, -0.15) is 0 Å². The van der Waals surface area contributed by atoms with E-state index in [4.69, 9.17) is 20.6 Å². The van der Waals surface area contributed by atoms with E-state index in [1.807, 2.05) is 74.8 Å². The summed E-state index contributed by atoms with van der Waals surface area (Å²) in [6.07, 6.45) is 1.87. The molecule has 0 saturated carbocycles. The van der Waals surface area contributed by atoms with Crippen molar-refractivity contribution in [2.24, 2.45) is 5.73 Å². The number of thiazole rings is 1. The Balaban J connectivity index is 2.00. The van der Waals surface area contributed by atoms with E-state index >= 15 is 0 Å². The van der Waals surface area contributed by atoms with Gasteiger partial charge in [-0.15, -0.1) is 11.3 Å². The Hall–Kier alpha value is -3.06. The van der Waals surface area contributed by atoms with Crippen LogP contribution in [0.3, 0.4) is 0 Å². The molecule has 0 aliphatic heterocycles. The predicted molar refractivity (Wildman–Crippen MR) is 119 cm³/mol. The second-order valence-electron chi connectivity index (χ2n) is 6.70. The van der Waals surface area contributed by atoms with Gasteiger partial charge in [0.25, 0.3) is 0 Å². The zero-order valence-electron chi connectivity index (χ0n) is 16.9. The fraction of sp³-hybridized carbons (Fsp3) is 0.273. The summed E-state index contributed by atoms with van der Waals surface area (Å²) in [6, 6.07) is 13.6. The van der Waals surface area contributed by atoms with E-state index in [1.165, 1.54) is 0 Å². The molecular weight excluding hydrogens is 384 g/mol. The number of hydrogen-bond acceptors (Lipinski definition) is 6. The Kier molecular flexibility index (Phi) is 6.72. The van der Waals surface area contributed by atoms with Gasteiger partial charge < -0.3 is 20.1 Å². The quantitative estimate of drug-likeness (QED) is 0.385. The fourth-order valence-corrected chi connectivity index (χ4v) is 3.51. The third-order valence-corrected chi connectivity index (χ3v) is 4.93. The zero-order valence-corrected chi connectivity index (χ0v) is 17.7. The van der Waals surface area contributed by atoms with Gasteiger partial charge in [-0.3, -0.25) is 5.41 Å². The lowest BCUT2D eigenvalue weighted by Crippen LogP contribution is -2.17. The van der Waals surface area contributed by atoms with Crippen LogP contribution < -0.4 is 20.1 Å². The van der Waals surface area contributed by atoms with E-state index in [2.05, 4.69) is 9.88 Å². The van der Waals surface area contributed by atoms with E-state index in [0.717, 1.165) is 22.1 Å². The monoisotopic (exact) mass is 410 g/mol. The molecule has 7 heteroatoms. The largest absolute Gasteiger partial charge is 0.490 e. The molecule has 0 fully saturated rings. The molecule has 0 aliphatic carbocycles. The Labute approximate surface area is 175 Å². The normalized spacial score (nSPS) is 10.8. The average molecular weight is 411 g/mol. The second-order valence-corrected chi connectivity index (χ2v) is 7.68. The molecule has 3 aromatic rings. The van der Waals surface area contributed by atoms with Crippen molar-refractivity contribution in [2.45, 2.75) is 33.4 Å². The van der Waals surface area contributed by atoms with Crippen LogP contribution in [0.15, 0.2) is 54.0 Å². The maximum Gasteiger partial charge on any atom is 0.163 e. The molecule has 0 amide bonds. The SMILES string of the molecule is CCOc1cc(N(Cc2nccs2)c2ccc(C(=N)N)cc2)ccc1OC(C)C. The van der Waals surface area contributed by atoms with Crippen LogP contribution in [0.2, 0.25) is 0 Å². The van der Waals surface area contributed by atoms with Crippen LogP contribution in [0.4, 0.5) is 11.4 Å². The van der Waals surface area contributed by atoms with Gasteiger partial charge in [-0.05, 0) is 57.2 Å². The molecule has 0 atom stereocenters. The van der Waals surface area contributed by atoms with Gasteiger partial charge in [-0.1, -0.05) is 0 Å². The molecule has 6 nitrogen and oxygen atoms in total. The molecule has 29 heavy (non-hydrogen) atoms. The minimum absolute atomic E-state index is 0.0526. The summed E-state index contributed by atoms with van der Waals surface area (Å²) in [7, 11) is 0. The molecule has 2 aromatic carbocycles. The Morgan fingerprint density at radius 1 is 1.14 bits per heavy atom. The molecule has 0 aliphatic rings. The predicted octanol–water partition coefficient (Wildman–Crippen LogP) is 4.95. The lowest BCUT2D eigenvalue weighted by Gasteiger charge is -2.26. The van der Waals surface area contributed by atoms with Crippen molar-refractivity contribution in [2.75, 3.05) is 11.5 Å².